The quantitative estimate of drug-likeness (QED) is 0.722. The third kappa shape index (κ3) is 1.61. The van der Waals surface area contributed by atoms with Gasteiger partial charge >= 0.3 is 0 Å². The summed E-state index contributed by atoms with van der Waals surface area (Å²) in [5.41, 5.74) is 3.66. The number of benzene rings is 1. The summed E-state index contributed by atoms with van der Waals surface area (Å²) in [6.45, 7) is 4.18. The van der Waals surface area contributed by atoms with Gasteiger partial charge in [-0.2, -0.15) is 0 Å². The third-order valence-corrected chi connectivity index (χ3v) is 7.77. The zero-order valence-electron chi connectivity index (χ0n) is 15.0. The fraction of sp³-hybridized carbons (Fsp3) is 0.571. The van der Waals surface area contributed by atoms with E-state index >= 15 is 0 Å². The topological polar surface area (TPSA) is 53.0 Å². The molecule has 0 aromatic heterocycles. The molecule has 5 nitrogen and oxygen atoms in total. The Morgan fingerprint density at radius 2 is 2.19 bits per heavy atom. The van der Waals surface area contributed by atoms with Crippen LogP contribution in [0.5, 0.6) is 0 Å². The molecule has 4 heterocycles. The molecule has 1 saturated carbocycles. The monoisotopic (exact) mass is 352 g/mol. The average Bonchev–Trinajstić information content (AvgIpc) is 3.10. The van der Waals surface area contributed by atoms with Gasteiger partial charge in [0.1, 0.15) is 0 Å². The number of fused-ring (bicyclic) bond motifs is 2. The van der Waals surface area contributed by atoms with Crippen molar-refractivity contribution >= 4 is 11.6 Å². The molecule has 1 amide bonds. The van der Waals surface area contributed by atoms with Gasteiger partial charge in [0.25, 0.3) is 0 Å². The van der Waals surface area contributed by atoms with Crippen molar-refractivity contribution in [2.75, 3.05) is 24.6 Å². The summed E-state index contributed by atoms with van der Waals surface area (Å²) in [6, 6.07) is 8.83. The van der Waals surface area contributed by atoms with E-state index < -0.39 is 6.29 Å². The van der Waals surface area contributed by atoms with Crippen LogP contribution in [0, 0.1) is 11.8 Å². The van der Waals surface area contributed by atoms with Gasteiger partial charge in [-0.05, 0) is 36.9 Å². The van der Waals surface area contributed by atoms with Gasteiger partial charge in [0.2, 0.25) is 5.91 Å². The van der Waals surface area contributed by atoms with Crippen molar-refractivity contribution in [1.29, 1.82) is 0 Å². The van der Waals surface area contributed by atoms with Crippen molar-refractivity contribution in [2.45, 2.75) is 43.6 Å². The summed E-state index contributed by atoms with van der Waals surface area (Å²) in [5.74, 6) is 0.317. The van der Waals surface area contributed by atoms with E-state index in [0.717, 1.165) is 31.6 Å². The smallest absolute Gasteiger partial charge is 0.224 e. The maximum absolute atomic E-state index is 12.8. The molecule has 1 N–H and O–H groups in total. The van der Waals surface area contributed by atoms with Gasteiger partial charge in [-0.3, -0.25) is 9.69 Å². The van der Waals surface area contributed by atoms with Gasteiger partial charge in [-0.15, -0.1) is 0 Å². The van der Waals surface area contributed by atoms with E-state index in [9.17, 15) is 9.90 Å². The predicted molar refractivity (Wildman–Crippen MR) is 96.7 cm³/mol. The first-order valence-corrected chi connectivity index (χ1v) is 9.75. The molecule has 2 bridgehead atoms. The van der Waals surface area contributed by atoms with E-state index in [1.54, 1.807) is 6.92 Å². The lowest BCUT2D eigenvalue weighted by Crippen LogP contribution is -2.66. The van der Waals surface area contributed by atoms with Crippen LogP contribution < -0.4 is 4.90 Å². The number of carbonyl (C=O) groups excluding carboxylic acids is 1. The highest BCUT2D eigenvalue weighted by molar-refractivity contribution is 5.96. The van der Waals surface area contributed by atoms with Crippen molar-refractivity contribution in [1.82, 2.24) is 4.90 Å². The number of anilines is 1. The lowest BCUT2D eigenvalue weighted by molar-refractivity contribution is -0.156. The van der Waals surface area contributed by atoms with Crippen LogP contribution in [0.25, 0.3) is 0 Å². The van der Waals surface area contributed by atoms with Crippen LogP contribution >= 0.6 is 0 Å². The number of carbonyl (C=O) groups is 1. The minimum atomic E-state index is -0.820. The van der Waals surface area contributed by atoms with Crippen molar-refractivity contribution in [3.8, 4) is 0 Å². The molecule has 136 valence electrons. The SMILES string of the molecule is CC(=O)N1c2ccccc2[C@@]23CCN4CC5=CCO[C@@H](O)[C@@H]([C@H]12)[C@H]5C[C@H]43. The van der Waals surface area contributed by atoms with E-state index in [-0.39, 0.29) is 23.3 Å². The number of rotatable bonds is 0. The molecule has 1 spiro atoms. The van der Waals surface area contributed by atoms with Gasteiger partial charge in [0.15, 0.2) is 6.29 Å². The van der Waals surface area contributed by atoms with Crippen molar-refractivity contribution in [3.05, 3.63) is 41.5 Å². The van der Waals surface area contributed by atoms with E-state index in [1.807, 2.05) is 11.0 Å². The van der Waals surface area contributed by atoms with Crippen LogP contribution in [0.1, 0.15) is 25.3 Å². The second-order valence-electron chi connectivity index (χ2n) is 8.55. The van der Waals surface area contributed by atoms with E-state index in [2.05, 4.69) is 29.2 Å². The minimum absolute atomic E-state index is 0.0250. The first-order valence-electron chi connectivity index (χ1n) is 9.75. The number of amides is 1. The highest BCUT2D eigenvalue weighted by Gasteiger charge is 2.69. The molecule has 6 atom stereocenters. The van der Waals surface area contributed by atoms with Crippen molar-refractivity contribution < 1.29 is 14.6 Å². The highest BCUT2D eigenvalue weighted by Crippen LogP contribution is 2.64. The number of para-hydroxylation sites is 1. The second kappa shape index (κ2) is 4.97. The Hall–Kier alpha value is -1.69. The fourth-order valence-corrected chi connectivity index (χ4v) is 6.99. The number of nitrogens with zero attached hydrogens (tertiary/aromatic N) is 2. The average molecular weight is 352 g/mol. The zero-order chi connectivity index (χ0) is 17.6. The van der Waals surface area contributed by atoms with Crippen LogP contribution in [0.15, 0.2) is 35.9 Å². The Labute approximate surface area is 153 Å². The molecule has 4 aliphatic heterocycles. The molecule has 1 aliphatic carbocycles. The van der Waals surface area contributed by atoms with Crippen LogP contribution in [0.3, 0.4) is 0 Å². The summed E-state index contributed by atoms with van der Waals surface area (Å²) in [7, 11) is 0. The molecule has 5 heteroatoms. The molecule has 5 aliphatic rings. The minimum Gasteiger partial charge on any atom is -0.368 e. The molecule has 1 aromatic rings. The Morgan fingerprint density at radius 1 is 1.35 bits per heavy atom. The Bertz CT molecular complexity index is 836. The lowest BCUT2D eigenvalue weighted by atomic mass is 9.55. The first kappa shape index (κ1) is 15.4. The maximum atomic E-state index is 12.8. The number of aliphatic hydroxyl groups excluding tert-OH is 1. The van der Waals surface area contributed by atoms with Gasteiger partial charge < -0.3 is 14.7 Å². The third-order valence-electron chi connectivity index (χ3n) is 7.77. The number of hydrogen-bond acceptors (Lipinski definition) is 4. The number of ether oxygens (including phenoxy) is 1. The molecule has 0 radical (unpaired) electrons. The molecule has 26 heavy (non-hydrogen) atoms. The maximum Gasteiger partial charge on any atom is 0.224 e. The van der Waals surface area contributed by atoms with Gasteiger partial charge in [0, 0.05) is 36.5 Å². The Balaban J connectivity index is 1.64. The summed E-state index contributed by atoms with van der Waals surface area (Å²) in [5, 5.41) is 11.0. The molecule has 2 saturated heterocycles. The molecule has 1 aromatic carbocycles. The van der Waals surface area contributed by atoms with Crippen LogP contribution in [0.4, 0.5) is 5.69 Å². The molecule has 3 fully saturated rings. The van der Waals surface area contributed by atoms with Crippen LogP contribution in [-0.2, 0) is 14.9 Å². The Kier molecular flexibility index (Phi) is 2.94. The summed E-state index contributed by atoms with van der Waals surface area (Å²) >= 11 is 0. The molecular formula is C21H24N2O3. The first-order chi connectivity index (χ1) is 12.6. The van der Waals surface area contributed by atoms with Crippen molar-refractivity contribution in [3.63, 3.8) is 0 Å². The number of piperidine rings is 1. The van der Waals surface area contributed by atoms with E-state index in [0.29, 0.717) is 18.6 Å². The summed E-state index contributed by atoms with van der Waals surface area (Å²) < 4.78 is 5.78. The van der Waals surface area contributed by atoms with E-state index in [4.69, 9.17) is 4.74 Å². The largest absolute Gasteiger partial charge is 0.368 e. The highest BCUT2D eigenvalue weighted by atomic mass is 16.6. The van der Waals surface area contributed by atoms with Gasteiger partial charge in [-0.1, -0.05) is 29.8 Å². The molecule has 6 rings (SSSR count). The second-order valence-corrected chi connectivity index (χ2v) is 8.55. The molecular weight excluding hydrogens is 328 g/mol. The van der Waals surface area contributed by atoms with Crippen LogP contribution in [0.2, 0.25) is 0 Å². The predicted octanol–water partition coefficient (Wildman–Crippen LogP) is 1.66. The van der Waals surface area contributed by atoms with Gasteiger partial charge in [0.05, 0.1) is 12.6 Å². The summed E-state index contributed by atoms with van der Waals surface area (Å²) in [4.78, 5) is 17.4. The number of hydrogen-bond donors (Lipinski definition) is 1. The number of aliphatic hydroxyl groups is 1. The normalized spacial score (nSPS) is 42.8. The van der Waals surface area contributed by atoms with Gasteiger partial charge in [-0.25, -0.2) is 0 Å². The van der Waals surface area contributed by atoms with E-state index in [1.165, 1.54) is 11.1 Å². The Morgan fingerprint density at radius 3 is 3.04 bits per heavy atom. The zero-order valence-corrected chi connectivity index (χ0v) is 15.0. The summed E-state index contributed by atoms with van der Waals surface area (Å²) in [6.07, 6.45) is 3.47. The van der Waals surface area contributed by atoms with Crippen LogP contribution in [-0.4, -0.2) is 54.0 Å². The lowest BCUT2D eigenvalue weighted by Gasteiger charge is -2.56. The fourth-order valence-electron chi connectivity index (χ4n) is 6.99. The van der Waals surface area contributed by atoms with Crippen molar-refractivity contribution in [2.24, 2.45) is 11.8 Å². The molecule has 0 unspecified atom stereocenters. The standard InChI is InChI=1S/C21H24N2O3/c1-12(24)23-16-5-3-2-4-15(16)21-7-8-22-11-13-6-9-26-20(25)18(19(21)23)14(13)10-17(21)22/h2-6,14,17-20,25H,7-11H2,1H3/t14-,17-,18+,19-,20+,21+/m0/s1.